The van der Waals surface area contributed by atoms with E-state index in [0.717, 1.165) is 5.52 Å². The quantitative estimate of drug-likeness (QED) is 0.323. The van der Waals surface area contributed by atoms with E-state index in [2.05, 4.69) is 20.1 Å². The van der Waals surface area contributed by atoms with Crippen LogP contribution in [0.4, 0.5) is 0 Å². The smallest absolute Gasteiger partial charge is 0.212 e. The summed E-state index contributed by atoms with van der Waals surface area (Å²) in [7, 11) is 3.27. The number of hydrogen-bond acceptors (Lipinski definition) is 6. The number of aromatic hydroxyl groups is 1. The summed E-state index contributed by atoms with van der Waals surface area (Å²) in [6, 6.07) is 8.73. The number of nitrogens with two attached hydrogens (primary N) is 1. The molecule has 0 aliphatic rings. The van der Waals surface area contributed by atoms with Gasteiger partial charge in [0.1, 0.15) is 17.2 Å². The van der Waals surface area contributed by atoms with Crippen LogP contribution < -0.4 is 10.5 Å². The Bertz CT molecular complexity index is 1160. The Morgan fingerprint density at radius 3 is 2.78 bits per heavy atom. The Morgan fingerprint density at radius 2 is 2.11 bits per heavy atom. The Balaban J connectivity index is 1.81. The second-order valence-corrected chi connectivity index (χ2v) is 5.99. The zero-order valence-corrected chi connectivity index (χ0v) is 14.7. The molecule has 0 saturated carbocycles. The first-order valence-corrected chi connectivity index (χ1v) is 8.09. The third-order valence-corrected chi connectivity index (χ3v) is 4.26. The number of methoxy groups -OCH3 is 1. The molecule has 0 spiro atoms. The van der Waals surface area contributed by atoms with Gasteiger partial charge in [-0.1, -0.05) is 0 Å². The second-order valence-electron chi connectivity index (χ2n) is 5.99. The van der Waals surface area contributed by atoms with E-state index in [1.165, 1.54) is 7.11 Å². The molecule has 0 bridgehead atoms. The number of H-pyrrole nitrogens is 1. The maximum absolute atomic E-state index is 10.8. The summed E-state index contributed by atoms with van der Waals surface area (Å²) in [5.74, 6) is 0.910. The van der Waals surface area contributed by atoms with Crippen molar-refractivity contribution in [2.45, 2.75) is 0 Å². The molecule has 5 N–H and O–H groups in total. The number of imidazole rings is 1. The van der Waals surface area contributed by atoms with Crippen LogP contribution in [0.25, 0.3) is 33.8 Å². The first kappa shape index (κ1) is 16.6. The van der Waals surface area contributed by atoms with Crippen LogP contribution in [-0.2, 0) is 7.05 Å². The average Bonchev–Trinajstić information content (AvgIpc) is 3.21. The predicted molar refractivity (Wildman–Crippen MR) is 101 cm³/mol. The van der Waals surface area contributed by atoms with E-state index in [0.29, 0.717) is 39.7 Å². The summed E-state index contributed by atoms with van der Waals surface area (Å²) in [5.41, 5.74) is 9.03. The van der Waals surface area contributed by atoms with Crippen LogP contribution in [0.2, 0.25) is 0 Å². The molecule has 0 unspecified atom stereocenters. The maximum atomic E-state index is 10.8. The number of nitrogen functional groups attached to an aromatic ring is 1. The normalized spacial score (nSPS) is 11.0. The van der Waals surface area contributed by atoms with Gasteiger partial charge in [0.2, 0.25) is 5.88 Å². The lowest BCUT2D eigenvalue weighted by atomic mass is 10.2. The molecule has 4 aromatic rings. The number of aromatic amines is 1. The standard InChI is InChI=1S/C18H17N7O2/c1-25-15(16(26)14(24-25)10-4-6-13(27-2)21-8-10)18-22-11-5-3-9(17(19)20)7-12(11)23-18/h3-8,26H,1-2H3,(H3,19,20)(H,22,23). The second kappa shape index (κ2) is 6.13. The molecule has 3 heterocycles. The maximum Gasteiger partial charge on any atom is 0.212 e. The van der Waals surface area contributed by atoms with Gasteiger partial charge in [-0.2, -0.15) is 5.10 Å². The molecular formula is C18H17N7O2. The minimum Gasteiger partial charge on any atom is -0.504 e. The van der Waals surface area contributed by atoms with Crippen LogP contribution >= 0.6 is 0 Å². The molecule has 0 aliphatic carbocycles. The summed E-state index contributed by atoms with van der Waals surface area (Å²) in [4.78, 5) is 11.8. The molecule has 0 atom stereocenters. The van der Waals surface area contributed by atoms with Crippen LogP contribution in [0, 0.1) is 5.41 Å². The van der Waals surface area contributed by atoms with Gasteiger partial charge in [-0.05, 0) is 24.3 Å². The molecule has 27 heavy (non-hydrogen) atoms. The SMILES string of the molecule is COc1ccc(-c2nn(C)c(-c3nc4cc(C(=N)N)ccc4[nH]3)c2O)cn1. The van der Waals surface area contributed by atoms with Crippen LogP contribution in [-0.4, -0.2) is 42.8 Å². The van der Waals surface area contributed by atoms with Crippen molar-refractivity contribution in [3.8, 4) is 34.4 Å². The van der Waals surface area contributed by atoms with Crippen LogP contribution in [0.5, 0.6) is 11.6 Å². The van der Waals surface area contributed by atoms with Crippen molar-refractivity contribution in [2.75, 3.05) is 7.11 Å². The predicted octanol–water partition coefficient (Wildman–Crippen LogP) is 2.02. The zero-order valence-electron chi connectivity index (χ0n) is 14.7. The highest BCUT2D eigenvalue weighted by atomic mass is 16.5. The number of benzene rings is 1. The molecule has 0 fully saturated rings. The van der Waals surface area contributed by atoms with Crippen LogP contribution in [0.1, 0.15) is 5.56 Å². The van der Waals surface area contributed by atoms with Gasteiger partial charge in [0.15, 0.2) is 11.6 Å². The molecule has 1 aromatic carbocycles. The number of aryl methyl sites for hydroxylation is 1. The zero-order chi connectivity index (χ0) is 19.1. The highest BCUT2D eigenvalue weighted by molar-refractivity contribution is 5.98. The summed E-state index contributed by atoms with van der Waals surface area (Å²) in [5, 5.41) is 22.7. The highest BCUT2D eigenvalue weighted by Gasteiger charge is 2.21. The Labute approximate surface area is 154 Å². The van der Waals surface area contributed by atoms with Crippen molar-refractivity contribution in [3.63, 3.8) is 0 Å². The molecule has 136 valence electrons. The summed E-state index contributed by atoms with van der Waals surface area (Å²) < 4.78 is 6.61. The van der Waals surface area contributed by atoms with Crippen molar-refractivity contribution in [2.24, 2.45) is 12.8 Å². The molecule has 0 aliphatic heterocycles. The number of ether oxygens (including phenoxy) is 1. The van der Waals surface area contributed by atoms with Crippen molar-refractivity contribution in [1.82, 2.24) is 24.7 Å². The monoisotopic (exact) mass is 363 g/mol. The fourth-order valence-electron chi connectivity index (χ4n) is 2.90. The first-order chi connectivity index (χ1) is 13.0. The molecule has 9 nitrogen and oxygen atoms in total. The molecule has 0 radical (unpaired) electrons. The summed E-state index contributed by atoms with van der Waals surface area (Å²) in [6.45, 7) is 0. The van der Waals surface area contributed by atoms with Gasteiger partial charge >= 0.3 is 0 Å². The van der Waals surface area contributed by atoms with Crippen molar-refractivity contribution in [3.05, 3.63) is 42.1 Å². The summed E-state index contributed by atoms with van der Waals surface area (Å²) >= 11 is 0. The van der Waals surface area contributed by atoms with Gasteiger partial charge in [0.25, 0.3) is 0 Å². The summed E-state index contributed by atoms with van der Waals surface area (Å²) in [6.07, 6.45) is 1.59. The van der Waals surface area contributed by atoms with E-state index >= 15 is 0 Å². The van der Waals surface area contributed by atoms with Gasteiger partial charge in [-0.25, -0.2) is 9.97 Å². The molecule has 0 amide bonds. The van der Waals surface area contributed by atoms with Crippen LogP contribution in [0.15, 0.2) is 36.5 Å². The van der Waals surface area contributed by atoms with E-state index < -0.39 is 0 Å². The number of aromatic nitrogens is 5. The van der Waals surface area contributed by atoms with Gasteiger partial charge in [-0.15, -0.1) is 0 Å². The van der Waals surface area contributed by atoms with Crippen LogP contribution in [0.3, 0.4) is 0 Å². The van der Waals surface area contributed by atoms with Crippen molar-refractivity contribution < 1.29 is 9.84 Å². The fourth-order valence-corrected chi connectivity index (χ4v) is 2.90. The number of nitrogens with one attached hydrogen (secondary N) is 2. The van der Waals surface area contributed by atoms with Gasteiger partial charge in [-0.3, -0.25) is 10.1 Å². The molecule has 4 rings (SSSR count). The third kappa shape index (κ3) is 2.74. The van der Waals surface area contributed by atoms with Gasteiger partial charge in [0, 0.05) is 30.4 Å². The lowest BCUT2D eigenvalue weighted by Gasteiger charge is -2.00. The van der Waals surface area contributed by atoms with Gasteiger partial charge < -0.3 is 20.6 Å². The lowest BCUT2D eigenvalue weighted by Crippen LogP contribution is -2.10. The lowest BCUT2D eigenvalue weighted by molar-refractivity contribution is 0.398. The molecular weight excluding hydrogens is 346 g/mol. The number of fused-ring (bicyclic) bond motifs is 1. The Hall–Kier alpha value is -3.88. The number of nitrogens with zero attached hydrogens (tertiary/aromatic N) is 4. The number of rotatable bonds is 4. The Kier molecular flexibility index (Phi) is 3.76. The average molecular weight is 363 g/mol. The fraction of sp³-hybridized carbons (Fsp3) is 0.111. The largest absolute Gasteiger partial charge is 0.504 e. The van der Waals surface area contributed by atoms with Crippen molar-refractivity contribution in [1.29, 1.82) is 5.41 Å². The Morgan fingerprint density at radius 1 is 1.30 bits per heavy atom. The van der Waals surface area contributed by atoms with E-state index in [9.17, 15) is 5.11 Å². The first-order valence-electron chi connectivity index (χ1n) is 8.09. The van der Waals surface area contributed by atoms with E-state index in [1.54, 1.807) is 48.3 Å². The number of amidine groups is 1. The van der Waals surface area contributed by atoms with E-state index in [-0.39, 0.29) is 11.6 Å². The van der Waals surface area contributed by atoms with E-state index in [4.69, 9.17) is 15.9 Å². The molecule has 0 saturated heterocycles. The molecule has 3 aromatic heterocycles. The van der Waals surface area contributed by atoms with Gasteiger partial charge in [0.05, 0.1) is 18.1 Å². The minimum absolute atomic E-state index is 0.00434. The number of hydrogen-bond donors (Lipinski definition) is 4. The topological polar surface area (TPSA) is 139 Å². The third-order valence-electron chi connectivity index (χ3n) is 4.26. The highest BCUT2D eigenvalue weighted by Crippen LogP contribution is 2.37. The van der Waals surface area contributed by atoms with E-state index in [1.807, 2.05) is 0 Å². The van der Waals surface area contributed by atoms with Crippen molar-refractivity contribution >= 4 is 16.9 Å². The molecule has 9 heteroatoms. The minimum atomic E-state index is -0.0286. The number of pyridine rings is 1.